The maximum Gasteiger partial charge on any atom is 0.304 e. The van der Waals surface area contributed by atoms with Crippen molar-refractivity contribution in [3.63, 3.8) is 0 Å². The van der Waals surface area contributed by atoms with Crippen molar-refractivity contribution >= 4 is 21.5 Å². The molecule has 0 aromatic carbocycles. The summed E-state index contributed by atoms with van der Waals surface area (Å²) in [6, 6.07) is 3.54. The van der Waals surface area contributed by atoms with Crippen molar-refractivity contribution in [1.82, 2.24) is 5.16 Å². The highest BCUT2D eigenvalue weighted by Gasteiger charge is 2.30. The third-order valence-electron chi connectivity index (χ3n) is 2.03. The first-order valence-corrected chi connectivity index (χ1v) is 6.86. The van der Waals surface area contributed by atoms with Gasteiger partial charge in [-0.05, 0) is 12.1 Å². The molecule has 0 aliphatic rings. The Morgan fingerprint density at radius 2 is 2.11 bits per heavy atom. The van der Waals surface area contributed by atoms with Crippen LogP contribution in [0.15, 0.2) is 26.9 Å². The molecule has 5 nitrogen and oxygen atoms in total. The lowest BCUT2D eigenvalue weighted by Crippen LogP contribution is -2.04. The summed E-state index contributed by atoms with van der Waals surface area (Å²) in [5, 5.41) is 3.43. The van der Waals surface area contributed by atoms with Crippen LogP contribution in [0.5, 0.6) is 0 Å². The number of hydrogen-bond donors (Lipinski definition) is 1. The van der Waals surface area contributed by atoms with Gasteiger partial charge in [0.25, 0.3) is 0 Å². The maximum absolute atomic E-state index is 12.9. The molecule has 0 amide bonds. The van der Waals surface area contributed by atoms with E-state index in [-0.39, 0.29) is 9.90 Å². The minimum absolute atomic E-state index is 0.0893. The van der Waals surface area contributed by atoms with E-state index in [9.17, 15) is 17.2 Å². The van der Waals surface area contributed by atoms with Gasteiger partial charge in [0.1, 0.15) is 9.90 Å². The van der Waals surface area contributed by atoms with Gasteiger partial charge in [-0.25, -0.2) is 0 Å². The number of thiophene rings is 1. The second-order valence-electron chi connectivity index (χ2n) is 3.56. The van der Waals surface area contributed by atoms with E-state index >= 15 is 0 Å². The van der Waals surface area contributed by atoms with Crippen molar-refractivity contribution in [3.8, 4) is 10.6 Å². The molecule has 0 fully saturated rings. The zero-order chi connectivity index (χ0) is 13.6. The van der Waals surface area contributed by atoms with Gasteiger partial charge in [-0.2, -0.15) is 17.2 Å². The molecule has 0 saturated heterocycles. The van der Waals surface area contributed by atoms with E-state index in [0.29, 0.717) is 23.1 Å². The highest BCUT2D eigenvalue weighted by molar-refractivity contribution is 7.88. The maximum atomic E-state index is 12.9. The zero-order valence-electron chi connectivity index (χ0n) is 8.92. The summed E-state index contributed by atoms with van der Waals surface area (Å²) in [5.74, 6) is -3.77. The first-order chi connectivity index (χ1) is 8.18. The minimum atomic E-state index is -4.30. The van der Waals surface area contributed by atoms with Crippen molar-refractivity contribution in [2.45, 2.75) is 17.1 Å². The largest absolute Gasteiger partial charge is 0.354 e. The van der Waals surface area contributed by atoms with Crippen LogP contribution in [0, 0.1) is 0 Å². The molecule has 2 aromatic heterocycles. The summed E-state index contributed by atoms with van der Waals surface area (Å²) >= 11 is 0.712. The summed E-state index contributed by atoms with van der Waals surface area (Å²) in [6.07, 6.45) is 0. The topological polar surface area (TPSA) is 80.4 Å². The van der Waals surface area contributed by atoms with Gasteiger partial charge in [0, 0.05) is 13.0 Å². The van der Waals surface area contributed by atoms with E-state index in [1.807, 2.05) is 0 Å². The van der Waals surface area contributed by atoms with Crippen molar-refractivity contribution in [1.29, 1.82) is 0 Å². The van der Waals surface area contributed by atoms with Crippen LogP contribution >= 0.6 is 11.3 Å². The van der Waals surface area contributed by atoms with Crippen LogP contribution in [0.1, 0.15) is 12.7 Å². The van der Waals surface area contributed by atoms with Crippen molar-refractivity contribution < 1.29 is 26.3 Å². The quantitative estimate of drug-likeness (QED) is 0.881. The van der Waals surface area contributed by atoms with E-state index in [0.717, 1.165) is 12.1 Å². The Kier molecular flexibility index (Phi) is 2.99. The summed E-state index contributed by atoms with van der Waals surface area (Å²) in [6.45, 7) is 0.662. The van der Waals surface area contributed by atoms with Crippen molar-refractivity contribution in [2.75, 3.05) is 0 Å². The van der Waals surface area contributed by atoms with Gasteiger partial charge in [0.05, 0.1) is 4.88 Å². The van der Waals surface area contributed by atoms with Crippen LogP contribution in [0.2, 0.25) is 0 Å². The molecular formula is C9H7F2NO4S2. The third kappa shape index (κ3) is 2.57. The van der Waals surface area contributed by atoms with Crippen molar-refractivity contribution in [2.24, 2.45) is 0 Å². The van der Waals surface area contributed by atoms with Gasteiger partial charge < -0.3 is 4.52 Å². The Balaban J connectivity index is 2.39. The molecule has 0 aliphatic heterocycles. The predicted molar refractivity (Wildman–Crippen MR) is 59.2 cm³/mol. The van der Waals surface area contributed by atoms with Gasteiger partial charge >= 0.3 is 16.0 Å². The fraction of sp³-hybridized carbons (Fsp3) is 0.222. The molecule has 18 heavy (non-hydrogen) atoms. The molecule has 0 radical (unpaired) electrons. The Labute approximate surface area is 105 Å². The van der Waals surface area contributed by atoms with Crippen LogP contribution in [0.25, 0.3) is 10.6 Å². The number of alkyl halides is 2. The van der Waals surface area contributed by atoms with Crippen LogP contribution in [0.4, 0.5) is 8.78 Å². The summed E-state index contributed by atoms with van der Waals surface area (Å²) in [5.41, 5.74) is 0.0893. The van der Waals surface area contributed by atoms with E-state index in [2.05, 4.69) is 9.68 Å². The van der Waals surface area contributed by atoms with Gasteiger partial charge in [-0.3, -0.25) is 4.55 Å². The number of aromatic nitrogens is 1. The fourth-order valence-corrected chi connectivity index (χ4v) is 2.81. The van der Waals surface area contributed by atoms with Gasteiger partial charge in [0.15, 0.2) is 0 Å². The van der Waals surface area contributed by atoms with Gasteiger partial charge in [-0.15, -0.1) is 11.3 Å². The molecule has 98 valence electrons. The molecule has 1 N–H and O–H groups in total. The molecule has 0 bridgehead atoms. The first-order valence-electron chi connectivity index (χ1n) is 4.60. The first kappa shape index (κ1) is 13.1. The Hall–Kier alpha value is -1.32. The Morgan fingerprint density at radius 1 is 1.44 bits per heavy atom. The number of hydrogen-bond acceptors (Lipinski definition) is 5. The molecule has 9 heteroatoms. The van der Waals surface area contributed by atoms with E-state index < -0.39 is 21.8 Å². The van der Waals surface area contributed by atoms with E-state index in [4.69, 9.17) is 4.55 Å². The average molecular weight is 295 g/mol. The van der Waals surface area contributed by atoms with Gasteiger partial charge in [-0.1, -0.05) is 5.16 Å². The summed E-state index contributed by atoms with van der Waals surface area (Å²) < 4.78 is 60.5. The molecule has 2 aromatic rings. The second kappa shape index (κ2) is 4.11. The fourth-order valence-electron chi connectivity index (χ4n) is 1.19. The standard InChI is InChI=1S/C9H7F2NO4S2/c1-9(10,11)7-4-5(12-16-7)6-2-3-8(17-6)18(13,14)15/h2-4H,1H3,(H,13,14,15). The molecule has 2 heterocycles. The smallest absolute Gasteiger partial charge is 0.304 e. The number of rotatable bonds is 3. The summed E-state index contributed by atoms with van der Waals surface area (Å²) in [7, 11) is -4.30. The lowest BCUT2D eigenvalue weighted by molar-refractivity contribution is -0.0105. The van der Waals surface area contributed by atoms with E-state index in [1.165, 1.54) is 6.07 Å². The highest BCUT2D eigenvalue weighted by atomic mass is 32.3. The molecule has 0 unspecified atom stereocenters. The normalized spacial score (nSPS) is 12.9. The molecule has 2 rings (SSSR count). The Bertz CT molecular complexity index is 669. The Morgan fingerprint density at radius 3 is 2.56 bits per heavy atom. The van der Waals surface area contributed by atoms with Gasteiger partial charge in [0.2, 0.25) is 5.76 Å². The average Bonchev–Trinajstić information content (AvgIpc) is 2.84. The van der Waals surface area contributed by atoms with E-state index in [1.54, 1.807) is 0 Å². The lowest BCUT2D eigenvalue weighted by Gasteiger charge is -2.02. The van der Waals surface area contributed by atoms with Crippen LogP contribution < -0.4 is 0 Å². The number of halogens is 2. The van der Waals surface area contributed by atoms with Crippen LogP contribution in [-0.2, 0) is 16.0 Å². The summed E-state index contributed by atoms with van der Waals surface area (Å²) in [4.78, 5) is 0.307. The number of nitrogens with zero attached hydrogens (tertiary/aromatic N) is 1. The molecule has 0 aliphatic carbocycles. The van der Waals surface area contributed by atoms with Crippen molar-refractivity contribution in [3.05, 3.63) is 24.0 Å². The third-order valence-corrected chi connectivity index (χ3v) is 4.46. The molecule has 0 atom stereocenters. The highest BCUT2D eigenvalue weighted by Crippen LogP contribution is 2.34. The zero-order valence-corrected chi connectivity index (χ0v) is 10.6. The minimum Gasteiger partial charge on any atom is -0.354 e. The molecule has 0 spiro atoms. The van der Waals surface area contributed by atoms with Crippen LogP contribution in [0.3, 0.4) is 0 Å². The van der Waals surface area contributed by atoms with Crippen LogP contribution in [-0.4, -0.2) is 18.1 Å². The molecular weight excluding hydrogens is 288 g/mol. The SMILES string of the molecule is CC(F)(F)c1cc(-c2ccc(S(=O)(=O)O)s2)no1. The lowest BCUT2D eigenvalue weighted by atomic mass is 10.2. The molecule has 0 saturated carbocycles. The second-order valence-corrected chi connectivity index (χ2v) is 6.29. The predicted octanol–water partition coefficient (Wildman–Crippen LogP) is 2.76. The monoisotopic (exact) mass is 295 g/mol.